The van der Waals surface area contributed by atoms with Crippen LogP contribution in [0.5, 0.6) is 5.75 Å². The van der Waals surface area contributed by atoms with Crippen LogP contribution < -0.4 is 10.1 Å². The molecule has 0 amide bonds. The lowest BCUT2D eigenvalue weighted by Crippen LogP contribution is -2.19. The highest BCUT2D eigenvalue weighted by atomic mass is 35.5. The zero-order chi connectivity index (χ0) is 13.5. The van der Waals surface area contributed by atoms with Crippen LogP contribution in [-0.4, -0.2) is 24.6 Å². The molecule has 0 fully saturated rings. The Labute approximate surface area is 111 Å². The highest BCUT2D eigenvalue weighted by Gasteiger charge is 2.18. The molecular weight excluding hydrogens is 256 g/mol. The Morgan fingerprint density at radius 2 is 2.33 bits per heavy atom. The zero-order valence-corrected chi connectivity index (χ0v) is 10.9. The van der Waals surface area contributed by atoms with Crippen molar-refractivity contribution >= 4 is 17.3 Å². The second-order valence-corrected chi connectivity index (χ2v) is 4.07. The minimum absolute atomic E-state index is 0.0850. The van der Waals surface area contributed by atoms with E-state index in [1.807, 2.05) is 6.92 Å². The molecule has 0 aliphatic heterocycles. The molecule has 0 aliphatic rings. The number of nitrogens with one attached hydrogen (secondary N) is 1. The number of nitro benzene ring substituents is 1. The highest BCUT2D eigenvalue weighted by molar-refractivity contribution is 6.32. The minimum Gasteiger partial charge on any atom is -0.481 e. The fraction of sp³-hybridized carbons (Fsp3) is 0.333. The molecule has 1 aromatic carbocycles. The molecule has 6 heteroatoms. The van der Waals surface area contributed by atoms with Crippen molar-refractivity contribution in [2.75, 3.05) is 19.7 Å². The van der Waals surface area contributed by atoms with Crippen LogP contribution in [0.25, 0.3) is 0 Å². The number of nitro groups is 1. The number of halogens is 1. The van der Waals surface area contributed by atoms with Gasteiger partial charge in [0.2, 0.25) is 5.75 Å². The molecule has 0 aromatic heterocycles. The van der Waals surface area contributed by atoms with E-state index in [4.69, 9.17) is 16.3 Å². The SMILES string of the molecule is C=C(CNCC)COc1c(Cl)cccc1[N+](=O)[O-]. The maximum absolute atomic E-state index is 10.8. The number of ether oxygens (including phenoxy) is 1. The normalized spacial score (nSPS) is 10.1. The first-order valence-electron chi connectivity index (χ1n) is 5.49. The Balaban J connectivity index is 2.72. The standard InChI is InChI=1S/C12H15ClN2O3/c1-3-14-7-9(2)8-18-12-10(13)5-4-6-11(12)15(16)17/h4-6,14H,2-3,7-8H2,1H3. The smallest absolute Gasteiger partial charge is 0.312 e. The van der Waals surface area contributed by atoms with Gasteiger partial charge in [-0.15, -0.1) is 0 Å². The molecule has 1 aromatic rings. The summed E-state index contributed by atoms with van der Waals surface area (Å²) in [5.74, 6) is 0.0850. The summed E-state index contributed by atoms with van der Waals surface area (Å²) in [6.45, 7) is 7.41. The van der Waals surface area contributed by atoms with E-state index < -0.39 is 4.92 Å². The van der Waals surface area contributed by atoms with Gasteiger partial charge < -0.3 is 10.1 Å². The maximum Gasteiger partial charge on any atom is 0.312 e. The fourth-order valence-electron chi connectivity index (χ4n) is 1.31. The van der Waals surface area contributed by atoms with Crippen molar-refractivity contribution < 1.29 is 9.66 Å². The predicted octanol–water partition coefficient (Wildman–Crippen LogP) is 2.79. The molecule has 0 atom stereocenters. The Morgan fingerprint density at radius 1 is 1.61 bits per heavy atom. The molecule has 0 spiro atoms. The summed E-state index contributed by atoms with van der Waals surface area (Å²) in [6, 6.07) is 4.42. The van der Waals surface area contributed by atoms with Gasteiger partial charge in [-0.05, 0) is 18.2 Å². The molecule has 1 N–H and O–H groups in total. The molecule has 18 heavy (non-hydrogen) atoms. The molecule has 5 nitrogen and oxygen atoms in total. The third kappa shape index (κ3) is 4.01. The predicted molar refractivity (Wildman–Crippen MR) is 71.3 cm³/mol. The monoisotopic (exact) mass is 270 g/mol. The van der Waals surface area contributed by atoms with Crippen LogP contribution in [0.3, 0.4) is 0 Å². The van der Waals surface area contributed by atoms with Crippen molar-refractivity contribution in [3.63, 3.8) is 0 Å². The molecule has 0 radical (unpaired) electrons. The van der Waals surface area contributed by atoms with Crippen LogP contribution >= 0.6 is 11.6 Å². The third-order valence-corrected chi connectivity index (χ3v) is 2.49. The number of hydrogen-bond acceptors (Lipinski definition) is 4. The molecule has 0 bridgehead atoms. The van der Waals surface area contributed by atoms with Gasteiger partial charge in [0, 0.05) is 12.6 Å². The molecule has 0 aliphatic carbocycles. The van der Waals surface area contributed by atoms with Crippen molar-refractivity contribution in [1.29, 1.82) is 0 Å². The fourth-order valence-corrected chi connectivity index (χ4v) is 1.54. The van der Waals surface area contributed by atoms with Gasteiger partial charge in [-0.2, -0.15) is 0 Å². The van der Waals surface area contributed by atoms with Crippen molar-refractivity contribution in [3.8, 4) is 5.75 Å². The van der Waals surface area contributed by atoms with Crippen LogP contribution in [0, 0.1) is 10.1 Å². The Morgan fingerprint density at radius 3 is 2.94 bits per heavy atom. The molecule has 0 unspecified atom stereocenters. The summed E-state index contributed by atoms with van der Waals surface area (Å²) in [7, 11) is 0. The van der Waals surface area contributed by atoms with Gasteiger partial charge in [0.1, 0.15) is 6.61 Å². The Hall–Kier alpha value is -1.59. The van der Waals surface area contributed by atoms with E-state index in [0.29, 0.717) is 6.54 Å². The molecule has 1 rings (SSSR count). The van der Waals surface area contributed by atoms with Gasteiger partial charge >= 0.3 is 5.69 Å². The maximum atomic E-state index is 10.8. The number of para-hydroxylation sites is 1. The number of likely N-dealkylation sites (N-methyl/N-ethyl adjacent to an activating group) is 1. The van der Waals surface area contributed by atoms with E-state index in [0.717, 1.165) is 12.1 Å². The number of hydrogen-bond donors (Lipinski definition) is 1. The summed E-state index contributed by atoms with van der Waals surface area (Å²) in [6.07, 6.45) is 0. The van der Waals surface area contributed by atoms with E-state index in [2.05, 4.69) is 11.9 Å². The summed E-state index contributed by atoms with van der Waals surface area (Å²) in [5.41, 5.74) is 0.657. The summed E-state index contributed by atoms with van der Waals surface area (Å²) in [4.78, 5) is 10.3. The summed E-state index contributed by atoms with van der Waals surface area (Å²) in [5, 5.41) is 14.1. The van der Waals surface area contributed by atoms with Gasteiger partial charge in [-0.3, -0.25) is 10.1 Å². The van der Waals surface area contributed by atoms with Crippen molar-refractivity contribution in [3.05, 3.63) is 45.5 Å². The van der Waals surface area contributed by atoms with E-state index >= 15 is 0 Å². The van der Waals surface area contributed by atoms with Gasteiger partial charge in [0.15, 0.2) is 0 Å². The number of nitrogens with zero attached hydrogens (tertiary/aromatic N) is 1. The Bertz CT molecular complexity index is 449. The summed E-state index contributed by atoms with van der Waals surface area (Å²) >= 11 is 5.89. The van der Waals surface area contributed by atoms with E-state index in [1.165, 1.54) is 12.1 Å². The lowest BCUT2D eigenvalue weighted by atomic mass is 10.3. The average molecular weight is 271 g/mol. The first-order valence-corrected chi connectivity index (χ1v) is 5.87. The largest absolute Gasteiger partial charge is 0.481 e. The van der Waals surface area contributed by atoms with E-state index in [-0.39, 0.29) is 23.1 Å². The minimum atomic E-state index is -0.520. The van der Waals surface area contributed by atoms with Crippen molar-refractivity contribution in [2.45, 2.75) is 6.92 Å². The van der Waals surface area contributed by atoms with Gasteiger partial charge in [-0.1, -0.05) is 31.2 Å². The van der Waals surface area contributed by atoms with E-state index in [9.17, 15) is 10.1 Å². The van der Waals surface area contributed by atoms with Crippen LogP contribution in [0.1, 0.15) is 6.92 Å². The van der Waals surface area contributed by atoms with Crippen LogP contribution in [-0.2, 0) is 0 Å². The van der Waals surface area contributed by atoms with E-state index in [1.54, 1.807) is 6.07 Å². The first kappa shape index (κ1) is 14.5. The highest BCUT2D eigenvalue weighted by Crippen LogP contribution is 2.34. The number of benzene rings is 1. The molecule has 98 valence electrons. The number of rotatable bonds is 7. The van der Waals surface area contributed by atoms with Crippen molar-refractivity contribution in [1.82, 2.24) is 5.32 Å². The third-order valence-electron chi connectivity index (χ3n) is 2.19. The lowest BCUT2D eigenvalue weighted by Gasteiger charge is -2.10. The lowest BCUT2D eigenvalue weighted by molar-refractivity contribution is -0.385. The quantitative estimate of drug-likeness (QED) is 0.470. The van der Waals surface area contributed by atoms with Crippen LogP contribution in [0.4, 0.5) is 5.69 Å². The van der Waals surface area contributed by atoms with Crippen molar-refractivity contribution in [2.24, 2.45) is 0 Å². The second kappa shape index (κ2) is 6.98. The molecule has 0 heterocycles. The molecule has 0 saturated heterocycles. The van der Waals surface area contributed by atoms with Crippen LogP contribution in [0.2, 0.25) is 5.02 Å². The second-order valence-electron chi connectivity index (χ2n) is 3.66. The van der Waals surface area contributed by atoms with Crippen LogP contribution in [0.15, 0.2) is 30.4 Å². The van der Waals surface area contributed by atoms with Gasteiger partial charge in [-0.25, -0.2) is 0 Å². The average Bonchev–Trinajstić information content (AvgIpc) is 2.34. The summed E-state index contributed by atoms with van der Waals surface area (Å²) < 4.78 is 5.37. The zero-order valence-electron chi connectivity index (χ0n) is 10.1. The van der Waals surface area contributed by atoms with Gasteiger partial charge in [0.05, 0.1) is 9.95 Å². The van der Waals surface area contributed by atoms with Gasteiger partial charge in [0.25, 0.3) is 0 Å². The molecule has 0 saturated carbocycles. The first-order chi connectivity index (χ1) is 8.56. The molecular formula is C12H15ClN2O3. The topological polar surface area (TPSA) is 64.4 Å². The Kier molecular flexibility index (Phi) is 5.61.